The van der Waals surface area contributed by atoms with E-state index in [0.29, 0.717) is 18.2 Å². The van der Waals surface area contributed by atoms with Crippen LogP contribution in [0.15, 0.2) is 48.5 Å². The second-order valence-corrected chi connectivity index (χ2v) is 10.2. The number of hydrogen-bond acceptors (Lipinski definition) is 4. The predicted molar refractivity (Wildman–Crippen MR) is 197 cm³/mol. The number of carbonyl (C=O) groups is 3. The fourth-order valence-corrected chi connectivity index (χ4v) is 4.61. The molecule has 2 aromatic rings. The molecule has 0 radical (unpaired) electrons. The minimum absolute atomic E-state index is 0. The summed E-state index contributed by atoms with van der Waals surface area (Å²) in [6.07, 6.45) is 11.5. The van der Waals surface area contributed by atoms with Crippen molar-refractivity contribution >= 4 is 34.7 Å². The molecule has 2 aromatic carbocycles. The number of carbonyl (C=O) groups excluding carboxylic acids is 3. The number of anilines is 1. The molecule has 1 aliphatic heterocycles. The maximum Gasteiger partial charge on any atom is 0.240 e. The van der Waals surface area contributed by atoms with Crippen molar-refractivity contribution in [1.82, 2.24) is 5.32 Å². The van der Waals surface area contributed by atoms with E-state index in [1.54, 1.807) is 4.90 Å². The van der Waals surface area contributed by atoms with Crippen LogP contribution in [0, 0.1) is 24.7 Å². The number of rotatable bonds is 7. The molecule has 45 heavy (non-hydrogen) atoms. The Bertz CT molecular complexity index is 1220. The van der Waals surface area contributed by atoms with Crippen LogP contribution in [0.5, 0.6) is 0 Å². The van der Waals surface area contributed by atoms with Crippen molar-refractivity contribution in [3.8, 4) is 12.8 Å². The van der Waals surface area contributed by atoms with Crippen molar-refractivity contribution in [2.45, 2.75) is 114 Å². The summed E-state index contributed by atoms with van der Waals surface area (Å²) >= 11 is 0. The van der Waals surface area contributed by atoms with Gasteiger partial charge in [0.25, 0.3) is 0 Å². The van der Waals surface area contributed by atoms with Crippen LogP contribution in [0.3, 0.4) is 0 Å². The van der Waals surface area contributed by atoms with Gasteiger partial charge in [-0.2, -0.15) is 0 Å². The molecule has 0 unspecified atom stereocenters. The van der Waals surface area contributed by atoms with Gasteiger partial charge in [-0.25, -0.2) is 0 Å². The van der Waals surface area contributed by atoms with E-state index in [0.717, 1.165) is 35.2 Å². The monoisotopic (exact) mass is 624 g/mol. The zero-order chi connectivity index (χ0) is 35.1. The minimum Gasteiger partial charge on any atom is -0.398 e. The van der Waals surface area contributed by atoms with E-state index in [4.69, 9.17) is 11.5 Å². The Morgan fingerprint density at radius 3 is 1.87 bits per heavy atom. The SMILES string of the molecule is C#C.CC.CC.CC.CC(C)[C@H](NC(=O)CCC(=O)N1Cc2ccccc2/C(C2CC2)=C(/N)c2ccccc21)C(N)=O.CCC.[HH].[HH]. The van der Waals surface area contributed by atoms with Crippen LogP contribution in [0.25, 0.3) is 11.3 Å². The molecule has 1 aliphatic carbocycles. The Kier molecular flexibility index (Phi) is 23.3. The van der Waals surface area contributed by atoms with Gasteiger partial charge in [0.05, 0.1) is 12.2 Å². The number of nitrogens with two attached hydrogens (primary N) is 2. The number of terminal acetylenes is 1. The van der Waals surface area contributed by atoms with Gasteiger partial charge in [0.2, 0.25) is 17.7 Å². The van der Waals surface area contributed by atoms with Crippen LogP contribution < -0.4 is 21.7 Å². The zero-order valence-corrected chi connectivity index (χ0v) is 29.6. The van der Waals surface area contributed by atoms with Gasteiger partial charge >= 0.3 is 0 Å². The lowest BCUT2D eigenvalue weighted by Gasteiger charge is -2.30. The molecule has 1 fully saturated rings. The quantitative estimate of drug-likeness (QED) is 0.268. The van der Waals surface area contributed by atoms with Gasteiger partial charge in [-0.05, 0) is 47.4 Å². The van der Waals surface area contributed by atoms with Crippen molar-refractivity contribution in [2.75, 3.05) is 4.90 Å². The molecule has 2 aliphatic rings. The smallest absolute Gasteiger partial charge is 0.240 e. The lowest BCUT2D eigenvalue weighted by molar-refractivity contribution is -0.129. The summed E-state index contributed by atoms with van der Waals surface area (Å²) in [5, 5.41) is 2.65. The Morgan fingerprint density at radius 1 is 0.889 bits per heavy atom. The summed E-state index contributed by atoms with van der Waals surface area (Å²) in [5.74, 6) is -0.829. The molecule has 7 nitrogen and oxygen atoms in total. The first-order valence-electron chi connectivity index (χ1n) is 16.6. The van der Waals surface area contributed by atoms with E-state index in [1.807, 2.05) is 97.9 Å². The van der Waals surface area contributed by atoms with Crippen LogP contribution in [-0.2, 0) is 20.9 Å². The molecule has 254 valence electrons. The summed E-state index contributed by atoms with van der Waals surface area (Å²) in [7, 11) is 0. The molecule has 5 N–H and O–H groups in total. The molecular weight excluding hydrogens is 560 g/mol. The van der Waals surface area contributed by atoms with Gasteiger partial charge < -0.3 is 21.7 Å². The lowest BCUT2D eigenvalue weighted by atomic mass is 9.89. The number of benzene rings is 2. The van der Waals surface area contributed by atoms with Gasteiger partial charge in [-0.3, -0.25) is 14.4 Å². The third-order valence-electron chi connectivity index (χ3n) is 6.55. The third-order valence-corrected chi connectivity index (χ3v) is 6.55. The van der Waals surface area contributed by atoms with Crippen LogP contribution >= 0.6 is 0 Å². The average molecular weight is 625 g/mol. The summed E-state index contributed by atoms with van der Waals surface area (Å²) in [6.45, 7) is 20.3. The summed E-state index contributed by atoms with van der Waals surface area (Å²) in [4.78, 5) is 39.2. The molecule has 0 spiro atoms. The van der Waals surface area contributed by atoms with Gasteiger partial charge in [0, 0.05) is 27.0 Å². The fourth-order valence-electron chi connectivity index (χ4n) is 4.61. The van der Waals surface area contributed by atoms with Crippen molar-refractivity contribution in [3.63, 3.8) is 0 Å². The van der Waals surface area contributed by atoms with Gasteiger partial charge in [-0.1, -0.05) is 118 Å². The number of hydrogen-bond donors (Lipinski definition) is 3. The van der Waals surface area contributed by atoms with E-state index < -0.39 is 11.9 Å². The van der Waals surface area contributed by atoms with Crippen LogP contribution in [0.1, 0.15) is 121 Å². The van der Waals surface area contributed by atoms with Gasteiger partial charge in [0.15, 0.2) is 0 Å². The molecule has 1 saturated carbocycles. The molecule has 7 heteroatoms. The molecule has 4 rings (SSSR count). The Labute approximate surface area is 277 Å². The Morgan fingerprint density at radius 2 is 1.38 bits per heavy atom. The second-order valence-electron chi connectivity index (χ2n) is 10.2. The second kappa shape index (κ2) is 24.3. The number of primary amides is 1. The van der Waals surface area contributed by atoms with Crippen molar-refractivity contribution in [1.29, 1.82) is 0 Å². The maximum absolute atomic E-state index is 13.4. The highest BCUT2D eigenvalue weighted by Gasteiger charge is 2.34. The molecule has 1 atom stereocenters. The van der Waals surface area contributed by atoms with Gasteiger partial charge in [0.1, 0.15) is 6.04 Å². The average Bonchev–Trinajstić information content (AvgIpc) is 3.90. The highest BCUT2D eigenvalue weighted by Crippen LogP contribution is 2.47. The molecule has 3 amide bonds. The number of allylic oxidation sites excluding steroid dienone is 1. The Balaban J connectivity index is -0.000000641. The Hall–Kier alpha value is -4.05. The number of nitrogens with one attached hydrogen (secondary N) is 1. The number of para-hydroxylation sites is 1. The largest absolute Gasteiger partial charge is 0.398 e. The van der Waals surface area contributed by atoms with E-state index >= 15 is 0 Å². The molecular formula is C38H64N4O3. The number of nitrogens with zero attached hydrogens (tertiary/aromatic N) is 1. The highest BCUT2D eigenvalue weighted by atomic mass is 16.2. The highest BCUT2D eigenvalue weighted by molar-refractivity contribution is 6.02. The zero-order valence-electron chi connectivity index (χ0n) is 29.6. The van der Waals surface area contributed by atoms with E-state index in [1.165, 1.54) is 12.0 Å². The van der Waals surface area contributed by atoms with Gasteiger partial charge in [-0.15, -0.1) is 12.8 Å². The topological polar surface area (TPSA) is 119 Å². The van der Waals surface area contributed by atoms with E-state index in [2.05, 4.69) is 38.1 Å². The number of amides is 3. The van der Waals surface area contributed by atoms with Crippen molar-refractivity contribution in [2.24, 2.45) is 23.3 Å². The summed E-state index contributed by atoms with van der Waals surface area (Å²) in [5.41, 5.74) is 17.7. The maximum atomic E-state index is 13.4. The number of fused-ring (bicyclic) bond motifs is 2. The molecule has 0 saturated heterocycles. The molecule has 0 aromatic heterocycles. The lowest BCUT2D eigenvalue weighted by Crippen LogP contribution is -2.47. The molecule has 1 heterocycles. The first-order valence-corrected chi connectivity index (χ1v) is 16.6. The summed E-state index contributed by atoms with van der Waals surface area (Å²) in [6, 6.07) is 15.0. The first-order chi connectivity index (χ1) is 21.7. The first kappa shape index (κ1) is 43.1. The van der Waals surface area contributed by atoms with E-state index in [-0.39, 0.29) is 33.4 Å². The van der Waals surface area contributed by atoms with Crippen LogP contribution in [-0.4, -0.2) is 23.8 Å². The van der Waals surface area contributed by atoms with Crippen LogP contribution in [0.4, 0.5) is 5.69 Å². The standard InChI is InChI=1S/C27H32N4O3.C3H8.3C2H6.C2H2.2H2/c1-16(2)26(27(29)34)30-22(32)13-14-23(33)31-15-18-7-3-4-8-19(18)24(17-11-12-17)25(28)20-9-5-6-10-21(20)31;1-3-2;4*1-2;;/h3-10,16-17,26H,11-15,28H2,1-2H3,(H2,29,34)(H,30,32);3H2,1-2H3;3*1-2H3;1-2H;2*1H/b25-24+;;;;;;;/t26-;;;;;;;/m0......./s1. The van der Waals surface area contributed by atoms with Crippen molar-refractivity contribution in [3.05, 3.63) is 65.2 Å². The fraction of sp³-hybridized carbons (Fsp3) is 0.500. The summed E-state index contributed by atoms with van der Waals surface area (Å²) < 4.78 is 0. The molecule has 0 bridgehead atoms. The predicted octanol–water partition coefficient (Wildman–Crippen LogP) is 8.41. The third kappa shape index (κ3) is 13.2. The normalized spacial score (nSPS) is 14.7. The minimum atomic E-state index is -0.761. The van der Waals surface area contributed by atoms with Crippen LogP contribution in [0.2, 0.25) is 0 Å². The van der Waals surface area contributed by atoms with E-state index in [9.17, 15) is 14.4 Å². The van der Waals surface area contributed by atoms with Crippen molar-refractivity contribution < 1.29 is 17.2 Å².